The first kappa shape index (κ1) is 15.1. The van der Waals surface area contributed by atoms with Crippen molar-refractivity contribution < 1.29 is 13.3 Å². The van der Waals surface area contributed by atoms with Crippen molar-refractivity contribution in [2.45, 2.75) is 6.92 Å². The van der Waals surface area contributed by atoms with E-state index in [1.165, 1.54) is 16.9 Å². The third kappa shape index (κ3) is 2.67. The molecule has 4 rings (SSSR count). The molecule has 124 valence electrons. The van der Waals surface area contributed by atoms with E-state index in [4.69, 9.17) is 4.52 Å². The lowest BCUT2D eigenvalue weighted by atomic mass is 10.1. The lowest BCUT2D eigenvalue weighted by Gasteiger charge is -2.05. The van der Waals surface area contributed by atoms with Crippen LogP contribution in [0.25, 0.3) is 28.4 Å². The topological polar surface area (TPSA) is 69.6 Å². The van der Waals surface area contributed by atoms with Gasteiger partial charge in [0.1, 0.15) is 11.6 Å². The van der Waals surface area contributed by atoms with E-state index in [2.05, 4.69) is 20.7 Å². The van der Waals surface area contributed by atoms with Crippen LogP contribution in [0.5, 0.6) is 0 Å². The molecule has 0 N–H and O–H groups in total. The lowest BCUT2D eigenvalue weighted by Crippen LogP contribution is -2.00. The zero-order valence-corrected chi connectivity index (χ0v) is 13.0. The van der Waals surface area contributed by atoms with Gasteiger partial charge in [-0.1, -0.05) is 22.9 Å². The van der Waals surface area contributed by atoms with Gasteiger partial charge in [0.2, 0.25) is 0 Å². The van der Waals surface area contributed by atoms with E-state index >= 15 is 0 Å². The second kappa shape index (κ2) is 5.90. The summed E-state index contributed by atoms with van der Waals surface area (Å²) >= 11 is 0. The van der Waals surface area contributed by atoms with Crippen molar-refractivity contribution >= 4 is 0 Å². The summed E-state index contributed by atoms with van der Waals surface area (Å²) in [5, 5.41) is 15.4. The third-order valence-corrected chi connectivity index (χ3v) is 3.74. The maximum Gasteiger partial charge on any atom is 0.192 e. The number of halogens is 2. The summed E-state index contributed by atoms with van der Waals surface area (Å²) in [7, 11) is 0. The molecule has 0 atom stereocenters. The smallest absolute Gasteiger partial charge is 0.192 e. The summed E-state index contributed by atoms with van der Waals surface area (Å²) in [5.41, 5.74) is 2.30. The Kier molecular flexibility index (Phi) is 3.57. The molecule has 0 fully saturated rings. The Hall–Kier alpha value is -3.42. The normalized spacial score (nSPS) is 11.0. The number of hydrogen-bond acceptors (Lipinski definition) is 5. The molecule has 0 saturated heterocycles. The molecule has 25 heavy (non-hydrogen) atoms. The van der Waals surface area contributed by atoms with E-state index in [-0.39, 0.29) is 11.3 Å². The van der Waals surface area contributed by atoms with Crippen molar-refractivity contribution in [2.75, 3.05) is 0 Å². The van der Waals surface area contributed by atoms with Gasteiger partial charge in [0.25, 0.3) is 0 Å². The number of aromatic nitrogens is 5. The predicted molar refractivity (Wildman–Crippen MR) is 84.7 cm³/mol. The second-order valence-corrected chi connectivity index (χ2v) is 5.44. The van der Waals surface area contributed by atoms with E-state index in [0.29, 0.717) is 11.4 Å². The standard InChI is InChI=1S/C17H11F2N5O/c1-10-2-5-12(6-3-10)24-17(21-22-23-24)14-9-20-25-16(14)13-7-4-11(18)8-15(13)19/h2-9H,1H3. The second-order valence-electron chi connectivity index (χ2n) is 5.44. The first-order valence-corrected chi connectivity index (χ1v) is 7.39. The SMILES string of the molecule is Cc1ccc(-n2nnnc2-c2cnoc2-c2ccc(F)cc2F)cc1. The van der Waals surface area contributed by atoms with Gasteiger partial charge in [-0.25, -0.2) is 8.78 Å². The van der Waals surface area contributed by atoms with Crippen LogP contribution >= 0.6 is 0 Å². The number of tetrazole rings is 1. The van der Waals surface area contributed by atoms with Crippen LogP contribution in [0.15, 0.2) is 53.2 Å². The van der Waals surface area contributed by atoms with Gasteiger partial charge in [-0.05, 0) is 41.6 Å². The van der Waals surface area contributed by atoms with Gasteiger partial charge in [-0.3, -0.25) is 0 Å². The molecule has 0 radical (unpaired) electrons. The molecule has 0 unspecified atom stereocenters. The molecule has 6 nitrogen and oxygen atoms in total. The Morgan fingerprint density at radius 2 is 1.80 bits per heavy atom. The fourth-order valence-electron chi connectivity index (χ4n) is 2.48. The summed E-state index contributed by atoms with van der Waals surface area (Å²) in [5.74, 6) is -0.969. The van der Waals surface area contributed by atoms with E-state index in [1.54, 1.807) is 0 Å². The van der Waals surface area contributed by atoms with Gasteiger partial charge < -0.3 is 4.52 Å². The molecule has 4 aromatic rings. The highest BCUT2D eigenvalue weighted by Crippen LogP contribution is 2.33. The van der Waals surface area contributed by atoms with Crippen LogP contribution in [-0.2, 0) is 0 Å². The van der Waals surface area contributed by atoms with Crippen LogP contribution in [0.2, 0.25) is 0 Å². The highest BCUT2D eigenvalue weighted by atomic mass is 19.1. The van der Waals surface area contributed by atoms with Gasteiger partial charge in [0, 0.05) is 6.07 Å². The molecule has 0 aliphatic heterocycles. The van der Waals surface area contributed by atoms with E-state index in [9.17, 15) is 8.78 Å². The van der Waals surface area contributed by atoms with Crippen molar-refractivity contribution in [2.24, 2.45) is 0 Å². The average Bonchev–Trinajstić information content (AvgIpc) is 3.24. The largest absolute Gasteiger partial charge is 0.355 e. The molecular weight excluding hydrogens is 328 g/mol. The summed E-state index contributed by atoms with van der Waals surface area (Å²) in [6.45, 7) is 1.97. The van der Waals surface area contributed by atoms with Gasteiger partial charge in [0.15, 0.2) is 11.6 Å². The fraction of sp³-hybridized carbons (Fsp3) is 0.0588. The zero-order chi connectivity index (χ0) is 17.4. The fourth-order valence-corrected chi connectivity index (χ4v) is 2.48. The molecule has 2 aromatic carbocycles. The van der Waals surface area contributed by atoms with E-state index in [0.717, 1.165) is 23.4 Å². The lowest BCUT2D eigenvalue weighted by molar-refractivity contribution is 0.429. The quantitative estimate of drug-likeness (QED) is 0.571. The molecule has 2 heterocycles. The van der Waals surface area contributed by atoms with Crippen LogP contribution in [0.3, 0.4) is 0 Å². The average molecular weight is 339 g/mol. The van der Waals surface area contributed by atoms with Crippen molar-refractivity contribution in [3.05, 3.63) is 65.9 Å². The zero-order valence-electron chi connectivity index (χ0n) is 13.0. The molecule has 0 aliphatic carbocycles. The molecule has 0 amide bonds. The minimum absolute atomic E-state index is 0.0763. The maximum atomic E-state index is 14.1. The van der Waals surface area contributed by atoms with Gasteiger partial charge in [0.05, 0.1) is 23.0 Å². The van der Waals surface area contributed by atoms with Crippen molar-refractivity contribution in [3.8, 4) is 28.4 Å². The van der Waals surface area contributed by atoms with Crippen molar-refractivity contribution in [1.29, 1.82) is 0 Å². The number of hydrogen-bond donors (Lipinski definition) is 0. The first-order chi connectivity index (χ1) is 12.1. The Bertz CT molecular complexity index is 1040. The van der Waals surface area contributed by atoms with E-state index in [1.807, 2.05) is 31.2 Å². The predicted octanol–water partition coefficient (Wildman–Crippen LogP) is 3.57. The number of benzene rings is 2. The van der Waals surface area contributed by atoms with Crippen molar-refractivity contribution in [1.82, 2.24) is 25.4 Å². The minimum atomic E-state index is -0.757. The number of aryl methyl sites for hydroxylation is 1. The Labute approximate surface area is 140 Å². The summed E-state index contributed by atoms with van der Waals surface area (Å²) in [4.78, 5) is 0. The van der Waals surface area contributed by atoms with Crippen LogP contribution in [0, 0.1) is 18.6 Å². The number of nitrogens with zero attached hydrogens (tertiary/aromatic N) is 5. The molecule has 0 aliphatic rings. The molecule has 8 heteroatoms. The maximum absolute atomic E-state index is 14.1. The van der Waals surface area contributed by atoms with Gasteiger partial charge in [-0.2, -0.15) is 4.68 Å². The highest BCUT2D eigenvalue weighted by molar-refractivity contribution is 5.76. The van der Waals surface area contributed by atoms with Crippen LogP contribution in [0.1, 0.15) is 5.56 Å². The monoisotopic (exact) mass is 339 g/mol. The summed E-state index contributed by atoms with van der Waals surface area (Å²) < 4.78 is 34.0. The van der Waals surface area contributed by atoms with Crippen LogP contribution < -0.4 is 0 Å². The van der Waals surface area contributed by atoms with Gasteiger partial charge >= 0.3 is 0 Å². The first-order valence-electron chi connectivity index (χ1n) is 7.39. The Morgan fingerprint density at radius 1 is 1.00 bits per heavy atom. The summed E-state index contributed by atoms with van der Waals surface area (Å²) in [6, 6.07) is 10.8. The highest BCUT2D eigenvalue weighted by Gasteiger charge is 2.22. The molecule has 2 aromatic heterocycles. The Balaban J connectivity index is 1.84. The third-order valence-electron chi connectivity index (χ3n) is 3.74. The van der Waals surface area contributed by atoms with Gasteiger partial charge in [-0.15, -0.1) is 5.10 Å². The van der Waals surface area contributed by atoms with Crippen LogP contribution in [0.4, 0.5) is 8.78 Å². The summed E-state index contributed by atoms with van der Waals surface area (Å²) in [6.07, 6.45) is 1.40. The number of rotatable bonds is 3. The van der Waals surface area contributed by atoms with E-state index < -0.39 is 11.6 Å². The molecular formula is C17H11F2N5O. The molecule has 0 bridgehead atoms. The van der Waals surface area contributed by atoms with Crippen LogP contribution in [-0.4, -0.2) is 25.4 Å². The Morgan fingerprint density at radius 3 is 2.56 bits per heavy atom. The minimum Gasteiger partial charge on any atom is -0.355 e. The molecule has 0 saturated carbocycles. The molecule has 0 spiro atoms. The van der Waals surface area contributed by atoms with Crippen molar-refractivity contribution in [3.63, 3.8) is 0 Å².